The standard InChI is InChI=1S/C17H20N6O/c1-13-10-22(12-20-13)17(2,3)16(24)18-9-15-19-11-21-23(15)14-7-5-4-6-8-14/h4-8,10-12H,9H2,1-3H3,(H,18,24). The topological polar surface area (TPSA) is 77.6 Å². The van der Waals surface area contributed by atoms with E-state index in [0.717, 1.165) is 11.4 Å². The molecule has 1 amide bonds. The SMILES string of the molecule is Cc1cn(C(C)(C)C(=O)NCc2ncnn2-c2ccccc2)cn1. The van der Waals surface area contributed by atoms with Crippen LogP contribution in [0, 0.1) is 6.92 Å². The highest BCUT2D eigenvalue weighted by atomic mass is 16.2. The summed E-state index contributed by atoms with van der Waals surface area (Å²) in [4.78, 5) is 21.0. The fourth-order valence-corrected chi connectivity index (χ4v) is 2.39. The van der Waals surface area contributed by atoms with Crippen molar-refractivity contribution < 1.29 is 4.79 Å². The van der Waals surface area contributed by atoms with E-state index in [0.29, 0.717) is 12.4 Å². The van der Waals surface area contributed by atoms with Gasteiger partial charge in [-0.25, -0.2) is 14.6 Å². The van der Waals surface area contributed by atoms with Crippen molar-refractivity contribution in [2.45, 2.75) is 32.9 Å². The number of amides is 1. The summed E-state index contributed by atoms with van der Waals surface area (Å²) >= 11 is 0. The number of para-hydroxylation sites is 1. The molecule has 124 valence electrons. The van der Waals surface area contributed by atoms with Crippen LogP contribution in [0.1, 0.15) is 25.4 Å². The Labute approximate surface area is 140 Å². The fourth-order valence-electron chi connectivity index (χ4n) is 2.39. The van der Waals surface area contributed by atoms with Crippen molar-refractivity contribution in [2.24, 2.45) is 0 Å². The highest BCUT2D eigenvalue weighted by Gasteiger charge is 2.29. The average molecular weight is 324 g/mol. The van der Waals surface area contributed by atoms with E-state index in [-0.39, 0.29) is 5.91 Å². The van der Waals surface area contributed by atoms with Crippen LogP contribution in [0.15, 0.2) is 49.2 Å². The lowest BCUT2D eigenvalue weighted by atomic mass is 10.0. The van der Waals surface area contributed by atoms with Crippen LogP contribution in [0.2, 0.25) is 0 Å². The van der Waals surface area contributed by atoms with E-state index in [9.17, 15) is 4.79 Å². The molecule has 0 saturated heterocycles. The maximum atomic E-state index is 12.6. The number of nitrogens with zero attached hydrogens (tertiary/aromatic N) is 5. The van der Waals surface area contributed by atoms with E-state index in [4.69, 9.17) is 0 Å². The van der Waals surface area contributed by atoms with Crippen LogP contribution in [0.4, 0.5) is 0 Å². The lowest BCUT2D eigenvalue weighted by Gasteiger charge is -2.25. The number of imidazole rings is 1. The molecule has 2 aromatic heterocycles. The molecule has 0 saturated carbocycles. The van der Waals surface area contributed by atoms with E-state index in [2.05, 4.69) is 20.4 Å². The number of hydrogen-bond acceptors (Lipinski definition) is 4. The molecule has 2 heterocycles. The van der Waals surface area contributed by atoms with Crippen molar-refractivity contribution in [1.82, 2.24) is 29.6 Å². The van der Waals surface area contributed by atoms with Crippen LogP contribution in [0.25, 0.3) is 5.69 Å². The number of nitrogens with one attached hydrogen (secondary N) is 1. The zero-order chi connectivity index (χ0) is 17.2. The van der Waals surface area contributed by atoms with Gasteiger partial charge in [-0.05, 0) is 32.9 Å². The van der Waals surface area contributed by atoms with Crippen LogP contribution < -0.4 is 5.32 Å². The summed E-state index contributed by atoms with van der Waals surface area (Å²) in [5.74, 6) is 0.565. The third-order valence-corrected chi connectivity index (χ3v) is 3.94. The Morgan fingerprint density at radius 1 is 1.21 bits per heavy atom. The van der Waals surface area contributed by atoms with Crippen LogP contribution in [-0.4, -0.2) is 30.2 Å². The number of hydrogen-bond donors (Lipinski definition) is 1. The number of aryl methyl sites for hydroxylation is 1. The summed E-state index contributed by atoms with van der Waals surface area (Å²) < 4.78 is 3.52. The predicted molar refractivity (Wildman–Crippen MR) is 89.5 cm³/mol. The van der Waals surface area contributed by atoms with Crippen molar-refractivity contribution in [3.63, 3.8) is 0 Å². The Balaban J connectivity index is 1.73. The minimum Gasteiger partial charge on any atom is -0.347 e. The summed E-state index contributed by atoms with van der Waals surface area (Å²) in [5.41, 5.74) is 1.04. The molecule has 0 radical (unpaired) electrons. The first-order chi connectivity index (χ1) is 11.5. The highest BCUT2D eigenvalue weighted by Crippen LogP contribution is 2.16. The second-order valence-electron chi connectivity index (χ2n) is 6.09. The van der Waals surface area contributed by atoms with E-state index in [1.807, 2.05) is 57.3 Å². The summed E-state index contributed by atoms with van der Waals surface area (Å²) in [6.07, 6.45) is 5.01. The summed E-state index contributed by atoms with van der Waals surface area (Å²) in [6.45, 7) is 5.90. The smallest absolute Gasteiger partial charge is 0.246 e. The van der Waals surface area contributed by atoms with Crippen molar-refractivity contribution in [3.05, 3.63) is 60.7 Å². The molecule has 7 nitrogen and oxygen atoms in total. The molecule has 0 atom stereocenters. The van der Waals surface area contributed by atoms with Gasteiger partial charge in [0, 0.05) is 6.20 Å². The molecule has 0 aliphatic carbocycles. The molecule has 24 heavy (non-hydrogen) atoms. The van der Waals surface area contributed by atoms with E-state index in [1.165, 1.54) is 6.33 Å². The van der Waals surface area contributed by atoms with E-state index < -0.39 is 5.54 Å². The van der Waals surface area contributed by atoms with Gasteiger partial charge >= 0.3 is 0 Å². The Hall–Kier alpha value is -2.96. The number of rotatable bonds is 5. The van der Waals surface area contributed by atoms with Gasteiger partial charge in [0.2, 0.25) is 5.91 Å². The first-order valence-corrected chi connectivity index (χ1v) is 7.72. The van der Waals surface area contributed by atoms with E-state index >= 15 is 0 Å². The molecule has 1 aromatic carbocycles. The number of benzene rings is 1. The largest absolute Gasteiger partial charge is 0.347 e. The van der Waals surface area contributed by atoms with Crippen LogP contribution in [-0.2, 0) is 16.9 Å². The molecule has 3 rings (SSSR count). The second kappa shape index (κ2) is 6.27. The van der Waals surface area contributed by atoms with Crippen molar-refractivity contribution in [1.29, 1.82) is 0 Å². The van der Waals surface area contributed by atoms with Gasteiger partial charge in [0.15, 0.2) is 5.82 Å². The molecule has 0 bridgehead atoms. The van der Waals surface area contributed by atoms with Gasteiger partial charge in [0.25, 0.3) is 0 Å². The fraction of sp³-hybridized carbons (Fsp3) is 0.294. The summed E-state index contributed by atoms with van der Waals surface area (Å²) in [6, 6.07) is 9.70. The Bertz CT molecular complexity index is 834. The Morgan fingerprint density at radius 3 is 2.62 bits per heavy atom. The maximum absolute atomic E-state index is 12.6. The van der Waals surface area contributed by atoms with Gasteiger partial charge in [-0.3, -0.25) is 4.79 Å². The van der Waals surface area contributed by atoms with Gasteiger partial charge in [-0.15, -0.1) is 0 Å². The van der Waals surface area contributed by atoms with Crippen molar-refractivity contribution in [3.8, 4) is 5.69 Å². The second-order valence-corrected chi connectivity index (χ2v) is 6.09. The summed E-state index contributed by atoms with van der Waals surface area (Å²) in [7, 11) is 0. The zero-order valence-electron chi connectivity index (χ0n) is 14.0. The van der Waals surface area contributed by atoms with E-state index in [1.54, 1.807) is 15.6 Å². The van der Waals surface area contributed by atoms with Gasteiger partial charge < -0.3 is 9.88 Å². The molecule has 7 heteroatoms. The third kappa shape index (κ3) is 3.05. The van der Waals surface area contributed by atoms with Gasteiger partial charge in [0.05, 0.1) is 24.3 Å². The molecule has 3 aromatic rings. The van der Waals surface area contributed by atoms with Gasteiger partial charge in [-0.1, -0.05) is 18.2 Å². The highest BCUT2D eigenvalue weighted by molar-refractivity contribution is 5.83. The van der Waals surface area contributed by atoms with Crippen molar-refractivity contribution >= 4 is 5.91 Å². The Kier molecular flexibility index (Phi) is 4.16. The lowest BCUT2D eigenvalue weighted by molar-refractivity contribution is -0.128. The van der Waals surface area contributed by atoms with Gasteiger partial charge in [-0.2, -0.15) is 5.10 Å². The van der Waals surface area contributed by atoms with Crippen LogP contribution in [0.5, 0.6) is 0 Å². The minimum atomic E-state index is -0.737. The molecule has 0 aliphatic rings. The average Bonchev–Trinajstić information content (AvgIpc) is 3.22. The van der Waals surface area contributed by atoms with Gasteiger partial charge in [0.1, 0.15) is 11.9 Å². The first-order valence-electron chi connectivity index (χ1n) is 7.72. The molecular weight excluding hydrogens is 304 g/mol. The van der Waals surface area contributed by atoms with Crippen LogP contribution >= 0.6 is 0 Å². The number of carbonyl (C=O) groups excluding carboxylic acids is 1. The zero-order valence-corrected chi connectivity index (χ0v) is 14.0. The van der Waals surface area contributed by atoms with Crippen molar-refractivity contribution in [2.75, 3.05) is 0 Å². The molecule has 0 unspecified atom stereocenters. The Morgan fingerprint density at radius 2 is 1.96 bits per heavy atom. The minimum absolute atomic E-state index is 0.109. The monoisotopic (exact) mass is 324 g/mol. The summed E-state index contributed by atoms with van der Waals surface area (Å²) in [5, 5.41) is 7.16. The molecule has 1 N–H and O–H groups in total. The predicted octanol–water partition coefficient (Wildman–Crippen LogP) is 1.82. The lowest BCUT2D eigenvalue weighted by Crippen LogP contribution is -2.44. The molecule has 0 spiro atoms. The molecular formula is C17H20N6O. The third-order valence-electron chi connectivity index (χ3n) is 3.94. The number of aromatic nitrogens is 5. The quantitative estimate of drug-likeness (QED) is 0.776. The molecule has 0 aliphatic heterocycles. The molecule has 0 fully saturated rings. The number of carbonyl (C=O) groups is 1. The van der Waals surface area contributed by atoms with Crippen LogP contribution in [0.3, 0.4) is 0 Å². The first kappa shape index (κ1) is 15.9. The maximum Gasteiger partial charge on any atom is 0.246 e. The normalized spacial score (nSPS) is 11.5.